The van der Waals surface area contributed by atoms with Crippen molar-refractivity contribution in [1.29, 1.82) is 0 Å². The number of amides is 1. The van der Waals surface area contributed by atoms with Gasteiger partial charge < -0.3 is 53.5 Å². The zero-order valence-corrected chi connectivity index (χ0v) is 25.1. The van der Waals surface area contributed by atoms with Crippen LogP contribution >= 0.6 is 0 Å². The number of carbonyl (C=O) groups is 2. The maximum Gasteiger partial charge on any atom is 0.408 e. The Morgan fingerprint density at radius 1 is 1.00 bits per heavy atom. The molecule has 1 fully saturated rings. The largest absolute Gasteiger partial charge is 0.486 e. The van der Waals surface area contributed by atoms with Gasteiger partial charge in [0.05, 0.1) is 10.9 Å². The second-order valence-electron chi connectivity index (χ2n) is 11.6. The topological polar surface area (TPSA) is 192 Å². The molecule has 45 heavy (non-hydrogen) atoms. The number of fused-ring (bicyclic) bond motifs is 2. The summed E-state index contributed by atoms with van der Waals surface area (Å²) in [5, 5.41) is 34.0. The highest BCUT2D eigenvalue weighted by Crippen LogP contribution is 2.34. The van der Waals surface area contributed by atoms with Crippen molar-refractivity contribution in [2.75, 3.05) is 19.8 Å². The van der Waals surface area contributed by atoms with Crippen LogP contribution in [-0.4, -0.2) is 89.6 Å². The Hall–Kier alpha value is -4.37. The molecule has 0 aliphatic carbocycles. The molecule has 2 aromatic carbocycles. The molecule has 3 aromatic rings. The molecule has 0 spiro atoms. The molecule has 1 saturated heterocycles. The van der Waals surface area contributed by atoms with E-state index >= 15 is 0 Å². The van der Waals surface area contributed by atoms with Gasteiger partial charge in [-0.25, -0.2) is 9.59 Å². The molecule has 1 aromatic heterocycles. The standard InChI is InChI=1S/C31H35NO13/c1-15(32-30(38)45-31(2,3)4)28(37)42-14-23-25(34)26(35)27(36)29(44-23)43-17-6-7-18-21(12-17)41-13-19(24(18)33)16-5-8-20-22(11-16)40-10-9-39-20/h5-8,11-13,15,23,25-27,29,34-36H,9-10,14H2,1-4H3,(H,32,38)/t15-,23+,25-,26-,27-,29-/m1/s1. The van der Waals surface area contributed by atoms with Crippen molar-refractivity contribution >= 4 is 23.0 Å². The Balaban J connectivity index is 1.25. The summed E-state index contributed by atoms with van der Waals surface area (Å²) in [6.07, 6.45) is -7.32. The van der Waals surface area contributed by atoms with Crippen molar-refractivity contribution in [2.45, 2.75) is 70.0 Å². The molecule has 3 heterocycles. The van der Waals surface area contributed by atoms with Gasteiger partial charge in [-0.1, -0.05) is 6.07 Å². The number of ether oxygens (including phenoxy) is 6. The fourth-order valence-corrected chi connectivity index (χ4v) is 4.71. The molecule has 2 aliphatic heterocycles. The predicted molar refractivity (Wildman–Crippen MR) is 156 cm³/mol. The quantitative estimate of drug-likeness (QED) is 0.277. The van der Waals surface area contributed by atoms with Crippen LogP contribution in [0.15, 0.2) is 51.9 Å². The fraction of sp³-hybridized carbons (Fsp3) is 0.452. The Kier molecular flexibility index (Phi) is 9.20. The minimum atomic E-state index is -1.71. The second-order valence-corrected chi connectivity index (χ2v) is 11.6. The lowest BCUT2D eigenvalue weighted by molar-refractivity contribution is -0.278. The lowest BCUT2D eigenvalue weighted by Crippen LogP contribution is -2.60. The van der Waals surface area contributed by atoms with E-state index in [1.165, 1.54) is 31.4 Å². The van der Waals surface area contributed by atoms with E-state index in [4.69, 9.17) is 32.8 Å². The zero-order valence-electron chi connectivity index (χ0n) is 25.1. The Morgan fingerprint density at radius 3 is 2.47 bits per heavy atom. The van der Waals surface area contributed by atoms with Crippen LogP contribution in [-0.2, 0) is 19.0 Å². The average Bonchev–Trinajstić information content (AvgIpc) is 2.99. The number of nitrogens with one attached hydrogen (secondary N) is 1. The predicted octanol–water partition coefficient (Wildman–Crippen LogP) is 1.87. The third kappa shape index (κ3) is 7.31. The summed E-state index contributed by atoms with van der Waals surface area (Å²) >= 11 is 0. The second kappa shape index (κ2) is 12.9. The summed E-state index contributed by atoms with van der Waals surface area (Å²) in [7, 11) is 0. The van der Waals surface area contributed by atoms with Gasteiger partial charge in [-0.3, -0.25) is 4.79 Å². The van der Waals surface area contributed by atoms with E-state index in [9.17, 15) is 29.7 Å². The lowest BCUT2D eigenvalue weighted by Gasteiger charge is -2.40. The Morgan fingerprint density at radius 2 is 1.73 bits per heavy atom. The minimum Gasteiger partial charge on any atom is -0.486 e. The number of benzene rings is 2. The van der Waals surface area contributed by atoms with Crippen molar-refractivity contribution in [1.82, 2.24) is 5.32 Å². The SMILES string of the molecule is C[C@@H](NC(=O)OC(C)(C)C)C(=O)OC[C@@H]1O[C@@H](Oc2ccc3c(=O)c(-c4ccc5c(c4)OCCO5)coc3c2)[C@H](O)[C@H](O)[C@@H]1O. The molecule has 14 nitrogen and oxygen atoms in total. The average molecular weight is 630 g/mol. The molecule has 0 bridgehead atoms. The fourth-order valence-electron chi connectivity index (χ4n) is 4.71. The Labute approximate surface area is 257 Å². The maximum absolute atomic E-state index is 13.3. The first-order valence-electron chi connectivity index (χ1n) is 14.3. The number of rotatable bonds is 7. The van der Waals surface area contributed by atoms with Crippen LogP contribution in [0.4, 0.5) is 4.79 Å². The van der Waals surface area contributed by atoms with E-state index in [0.717, 1.165) is 0 Å². The highest BCUT2D eigenvalue weighted by Gasteiger charge is 2.45. The van der Waals surface area contributed by atoms with Crippen LogP contribution in [0.3, 0.4) is 0 Å². The van der Waals surface area contributed by atoms with Crippen molar-refractivity contribution < 1.29 is 57.7 Å². The summed E-state index contributed by atoms with van der Waals surface area (Å²) in [4.78, 5) is 37.7. The highest BCUT2D eigenvalue weighted by atomic mass is 16.7. The Bertz CT molecular complexity index is 1610. The first-order chi connectivity index (χ1) is 21.3. The summed E-state index contributed by atoms with van der Waals surface area (Å²) in [5.41, 5.74) is 0.00530. The molecule has 1 amide bonds. The molecule has 242 valence electrons. The molecular formula is C31H35NO13. The van der Waals surface area contributed by atoms with E-state index < -0.39 is 61.0 Å². The van der Waals surface area contributed by atoms with E-state index in [1.54, 1.807) is 39.0 Å². The van der Waals surface area contributed by atoms with Gasteiger partial charge in [0.15, 0.2) is 16.9 Å². The van der Waals surface area contributed by atoms with Gasteiger partial charge in [0.1, 0.15) is 73.5 Å². The summed E-state index contributed by atoms with van der Waals surface area (Å²) < 4.78 is 38.5. The van der Waals surface area contributed by atoms with Crippen molar-refractivity contribution in [2.24, 2.45) is 0 Å². The minimum absolute atomic E-state index is 0.122. The van der Waals surface area contributed by atoms with Crippen LogP contribution < -0.4 is 25.0 Å². The van der Waals surface area contributed by atoms with E-state index in [2.05, 4.69) is 5.32 Å². The first kappa shape index (κ1) is 32.0. The molecule has 5 rings (SSSR count). The monoisotopic (exact) mass is 629 g/mol. The molecule has 14 heteroatoms. The number of alkyl carbamates (subject to hydrolysis) is 1. The number of aliphatic hydroxyl groups is 3. The smallest absolute Gasteiger partial charge is 0.408 e. The normalized spacial score (nSPS) is 23.6. The zero-order chi connectivity index (χ0) is 32.5. The first-order valence-corrected chi connectivity index (χ1v) is 14.3. The molecule has 4 N–H and O–H groups in total. The molecule has 0 unspecified atom stereocenters. The number of hydrogen-bond acceptors (Lipinski definition) is 13. The number of esters is 1. The van der Waals surface area contributed by atoms with Gasteiger partial charge >= 0.3 is 12.1 Å². The van der Waals surface area contributed by atoms with Gasteiger partial charge in [-0.05, 0) is 57.5 Å². The third-order valence-electron chi connectivity index (χ3n) is 7.00. The lowest BCUT2D eigenvalue weighted by atomic mass is 9.99. The molecular weight excluding hydrogens is 594 g/mol. The molecule has 0 saturated carbocycles. The number of carbonyl (C=O) groups excluding carboxylic acids is 2. The van der Waals surface area contributed by atoms with Crippen LogP contribution in [0.25, 0.3) is 22.1 Å². The third-order valence-corrected chi connectivity index (χ3v) is 7.00. The van der Waals surface area contributed by atoms with Crippen LogP contribution in [0.5, 0.6) is 17.2 Å². The molecule has 6 atom stereocenters. The van der Waals surface area contributed by atoms with Gasteiger partial charge in [0, 0.05) is 6.07 Å². The van der Waals surface area contributed by atoms with Crippen LogP contribution in [0.2, 0.25) is 0 Å². The van der Waals surface area contributed by atoms with Crippen molar-refractivity contribution in [3.05, 3.63) is 52.9 Å². The van der Waals surface area contributed by atoms with Crippen LogP contribution in [0.1, 0.15) is 27.7 Å². The maximum atomic E-state index is 13.3. The van der Waals surface area contributed by atoms with Gasteiger partial charge in [0.2, 0.25) is 6.29 Å². The molecule has 0 radical (unpaired) electrons. The van der Waals surface area contributed by atoms with Crippen LogP contribution in [0, 0.1) is 0 Å². The number of aliphatic hydroxyl groups excluding tert-OH is 3. The van der Waals surface area contributed by atoms with E-state index in [0.29, 0.717) is 35.8 Å². The highest BCUT2D eigenvalue weighted by molar-refractivity contribution is 5.83. The summed E-state index contributed by atoms with van der Waals surface area (Å²) in [6.45, 7) is 6.71. The molecule has 2 aliphatic rings. The van der Waals surface area contributed by atoms with E-state index in [1.807, 2.05) is 0 Å². The van der Waals surface area contributed by atoms with E-state index in [-0.39, 0.29) is 22.1 Å². The van der Waals surface area contributed by atoms with Crippen molar-refractivity contribution in [3.63, 3.8) is 0 Å². The number of hydrogen-bond donors (Lipinski definition) is 4. The van der Waals surface area contributed by atoms with Gasteiger partial charge in [-0.2, -0.15) is 0 Å². The summed E-state index contributed by atoms with van der Waals surface area (Å²) in [6, 6.07) is 8.42. The summed E-state index contributed by atoms with van der Waals surface area (Å²) in [5.74, 6) is 0.387. The van der Waals surface area contributed by atoms with Gasteiger partial charge in [0.25, 0.3) is 0 Å². The van der Waals surface area contributed by atoms with Crippen molar-refractivity contribution in [3.8, 4) is 28.4 Å². The van der Waals surface area contributed by atoms with Gasteiger partial charge in [-0.15, -0.1) is 0 Å².